The molecular weight excluding hydrogens is 342 g/mol. The largest absolute Gasteiger partial charge is 0.512 e. The quantitative estimate of drug-likeness (QED) is 0.755. The van der Waals surface area contributed by atoms with E-state index in [0.717, 1.165) is 31.7 Å². The van der Waals surface area contributed by atoms with Gasteiger partial charge in [0, 0.05) is 26.1 Å². The average molecular weight is 368 g/mol. The van der Waals surface area contributed by atoms with Crippen LogP contribution < -0.4 is 0 Å². The first-order valence-electron chi connectivity index (χ1n) is 8.58. The molecule has 3 rings (SSSR count). The molecule has 1 saturated carbocycles. The molecule has 0 aromatic heterocycles. The fourth-order valence-electron chi connectivity index (χ4n) is 3.46. The SMILES string of the molecule is CCOC(=O)C1=C(O)CCN(CC=C2CC3CC=C(OC)C=C23)C1.Cl. The van der Waals surface area contributed by atoms with E-state index in [2.05, 4.69) is 23.1 Å². The maximum atomic E-state index is 11.9. The molecule has 1 N–H and O–H groups in total. The number of hydrogen-bond acceptors (Lipinski definition) is 5. The van der Waals surface area contributed by atoms with Gasteiger partial charge in [-0.15, -0.1) is 12.4 Å². The van der Waals surface area contributed by atoms with Gasteiger partial charge in [0.2, 0.25) is 0 Å². The van der Waals surface area contributed by atoms with Gasteiger partial charge in [0.15, 0.2) is 0 Å². The number of fused-ring (bicyclic) bond motifs is 1. The van der Waals surface area contributed by atoms with Crippen LogP contribution in [0.25, 0.3) is 0 Å². The molecule has 0 saturated heterocycles. The maximum absolute atomic E-state index is 11.9. The van der Waals surface area contributed by atoms with Crippen LogP contribution in [0.4, 0.5) is 0 Å². The number of carbonyl (C=O) groups excluding carboxylic acids is 1. The summed E-state index contributed by atoms with van der Waals surface area (Å²) in [6.07, 6.45) is 9.19. The zero-order valence-electron chi connectivity index (χ0n) is 14.8. The Morgan fingerprint density at radius 2 is 2.28 bits per heavy atom. The summed E-state index contributed by atoms with van der Waals surface area (Å²) in [5.41, 5.74) is 3.16. The number of methoxy groups -OCH3 is 1. The summed E-state index contributed by atoms with van der Waals surface area (Å²) in [7, 11) is 1.70. The van der Waals surface area contributed by atoms with Crippen molar-refractivity contribution < 1.29 is 19.4 Å². The lowest BCUT2D eigenvalue weighted by Crippen LogP contribution is -2.35. The van der Waals surface area contributed by atoms with E-state index >= 15 is 0 Å². The third-order valence-corrected chi connectivity index (χ3v) is 4.93. The second kappa shape index (κ2) is 8.59. The van der Waals surface area contributed by atoms with Gasteiger partial charge < -0.3 is 14.6 Å². The molecule has 6 heteroatoms. The van der Waals surface area contributed by atoms with Gasteiger partial charge in [0.25, 0.3) is 0 Å². The fourth-order valence-corrected chi connectivity index (χ4v) is 3.46. The van der Waals surface area contributed by atoms with Crippen LogP contribution in [0.3, 0.4) is 0 Å². The highest BCUT2D eigenvalue weighted by molar-refractivity contribution is 5.89. The van der Waals surface area contributed by atoms with Gasteiger partial charge in [-0.1, -0.05) is 6.08 Å². The van der Waals surface area contributed by atoms with Crippen molar-refractivity contribution in [1.82, 2.24) is 4.90 Å². The van der Waals surface area contributed by atoms with Crippen molar-refractivity contribution in [3.8, 4) is 0 Å². The Balaban J connectivity index is 0.00000225. The average Bonchev–Trinajstić information content (AvgIpc) is 2.57. The minimum absolute atomic E-state index is 0. The van der Waals surface area contributed by atoms with Crippen LogP contribution in [0.5, 0.6) is 0 Å². The van der Waals surface area contributed by atoms with Crippen molar-refractivity contribution in [3.05, 3.63) is 46.5 Å². The molecule has 0 aromatic carbocycles. The second-order valence-corrected chi connectivity index (χ2v) is 6.41. The third kappa shape index (κ3) is 4.28. The monoisotopic (exact) mass is 367 g/mol. The lowest BCUT2D eigenvalue weighted by molar-refractivity contribution is -0.139. The highest BCUT2D eigenvalue weighted by atomic mass is 35.5. The van der Waals surface area contributed by atoms with Crippen LogP contribution in [0.15, 0.2) is 46.5 Å². The molecular formula is C19H26ClNO4. The predicted molar refractivity (Wildman–Crippen MR) is 98.6 cm³/mol. The summed E-state index contributed by atoms with van der Waals surface area (Å²) in [6.45, 7) is 4.07. The Kier molecular flexibility index (Phi) is 6.73. The van der Waals surface area contributed by atoms with Gasteiger partial charge in [0.05, 0.1) is 19.3 Å². The zero-order valence-corrected chi connectivity index (χ0v) is 15.6. The van der Waals surface area contributed by atoms with Crippen LogP contribution in [0.1, 0.15) is 26.2 Å². The van der Waals surface area contributed by atoms with E-state index in [4.69, 9.17) is 9.47 Å². The van der Waals surface area contributed by atoms with E-state index in [9.17, 15) is 9.90 Å². The summed E-state index contributed by atoms with van der Waals surface area (Å²) < 4.78 is 10.3. The number of carbonyl (C=O) groups is 1. The summed E-state index contributed by atoms with van der Waals surface area (Å²) in [6, 6.07) is 0. The molecule has 0 spiro atoms. The number of ether oxygens (including phenoxy) is 2. The number of halogens is 1. The minimum Gasteiger partial charge on any atom is -0.512 e. The Morgan fingerprint density at radius 3 is 3.00 bits per heavy atom. The standard InChI is InChI=1S/C19H25NO4.ClH/c1-3-24-19(22)17-12-20(9-7-18(17)21)8-6-14-10-13-4-5-15(23-2)11-16(13)14;/h5-6,11,13,21H,3-4,7-10,12H2,1-2H3;1H. The molecule has 0 bridgehead atoms. The predicted octanol–water partition coefficient (Wildman–Crippen LogP) is 3.30. The highest BCUT2D eigenvalue weighted by Gasteiger charge is 2.31. The Morgan fingerprint density at radius 1 is 1.48 bits per heavy atom. The molecule has 1 heterocycles. The number of hydrogen-bond donors (Lipinski definition) is 1. The third-order valence-electron chi connectivity index (χ3n) is 4.93. The molecule has 2 aliphatic carbocycles. The summed E-state index contributed by atoms with van der Waals surface area (Å²) >= 11 is 0. The van der Waals surface area contributed by atoms with E-state index in [1.807, 2.05) is 0 Å². The van der Waals surface area contributed by atoms with Crippen molar-refractivity contribution in [2.75, 3.05) is 33.4 Å². The number of aliphatic hydroxyl groups is 1. The van der Waals surface area contributed by atoms with Crippen LogP contribution in [0.2, 0.25) is 0 Å². The molecule has 25 heavy (non-hydrogen) atoms. The van der Waals surface area contributed by atoms with Crippen molar-refractivity contribution >= 4 is 18.4 Å². The van der Waals surface area contributed by atoms with Crippen LogP contribution in [-0.4, -0.2) is 49.3 Å². The van der Waals surface area contributed by atoms with Crippen molar-refractivity contribution in [3.63, 3.8) is 0 Å². The van der Waals surface area contributed by atoms with Gasteiger partial charge in [0.1, 0.15) is 11.5 Å². The van der Waals surface area contributed by atoms with E-state index in [0.29, 0.717) is 31.1 Å². The van der Waals surface area contributed by atoms with Crippen molar-refractivity contribution in [2.45, 2.75) is 26.2 Å². The summed E-state index contributed by atoms with van der Waals surface area (Å²) in [4.78, 5) is 14.1. The van der Waals surface area contributed by atoms with E-state index in [1.54, 1.807) is 14.0 Å². The van der Waals surface area contributed by atoms with Crippen molar-refractivity contribution in [1.29, 1.82) is 0 Å². The Labute approximate surface area is 155 Å². The molecule has 1 aliphatic heterocycles. The highest BCUT2D eigenvalue weighted by Crippen LogP contribution is 2.44. The van der Waals surface area contributed by atoms with E-state index < -0.39 is 5.97 Å². The van der Waals surface area contributed by atoms with Gasteiger partial charge >= 0.3 is 5.97 Å². The first-order chi connectivity index (χ1) is 11.6. The normalized spacial score (nSPS) is 24.6. The molecule has 0 amide bonds. The molecule has 3 aliphatic rings. The van der Waals surface area contributed by atoms with Gasteiger partial charge in [-0.05, 0) is 49.0 Å². The molecule has 1 fully saturated rings. The first kappa shape index (κ1) is 19.6. The molecule has 1 atom stereocenters. The lowest BCUT2D eigenvalue weighted by atomic mass is 9.70. The molecule has 138 valence electrons. The molecule has 1 unspecified atom stereocenters. The molecule has 5 nitrogen and oxygen atoms in total. The van der Waals surface area contributed by atoms with Gasteiger partial charge in [-0.2, -0.15) is 0 Å². The van der Waals surface area contributed by atoms with Gasteiger partial charge in [-0.25, -0.2) is 4.79 Å². The number of allylic oxidation sites excluding steroid dienone is 4. The Bertz CT molecular complexity index is 648. The number of nitrogens with zero attached hydrogens (tertiary/aromatic N) is 1. The molecule has 0 radical (unpaired) electrons. The maximum Gasteiger partial charge on any atom is 0.338 e. The fraction of sp³-hybridized carbons (Fsp3) is 0.526. The molecule has 0 aromatic rings. The topological polar surface area (TPSA) is 59.0 Å². The number of aliphatic hydroxyl groups excluding tert-OH is 1. The zero-order chi connectivity index (χ0) is 17.1. The minimum atomic E-state index is -0.402. The van der Waals surface area contributed by atoms with Crippen LogP contribution in [-0.2, 0) is 14.3 Å². The lowest BCUT2D eigenvalue weighted by Gasteiger charge is -2.36. The van der Waals surface area contributed by atoms with Crippen LogP contribution in [0, 0.1) is 5.92 Å². The summed E-state index contributed by atoms with van der Waals surface area (Å²) in [5, 5.41) is 9.94. The van der Waals surface area contributed by atoms with E-state index in [1.165, 1.54) is 11.1 Å². The summed E-state index contributed by atoms with van der Waals surface area (Å²) in [5.74, 6) is 1.35. The Hall–Kier alpha value is -1.72. The number of esters is 1. The second-order valence-electron chi connectivity index (χ2n) is 6.41. The number of rotatable bonds is 5. The van der Waals surface area contributed by atoms with Crippen molar-refractivity contribution in [2.24, 2.45) is 5.92 Å². The first-order valence-corrected chi connectivity index (χ1v) is 8.58. The van der Waals surface area contributed by atoms with Crippen LogP contribution >= 0.6 is 12.4 Å². The smallest absolute Gasteiger partial charge is 0.338 e. The van der Waals surface area contributed by atoms with Gasteiger partial charge in [-0.3, -0.25) is 4.90 Å². The van der Waals surface area contributed by atoms with E-state index in [-0.39, 0.29) is 18.2 Å².